The molecule has 1 aliphatic rings. The van der Waals surface area contributed by atoms with Gasteiger partial charge in [0.1, 0.15) is 0 Å². The van der Waals surface area contributed by atoms with Crippen molar-refractivity contribution in [2.45, 2.75) is 13.8 Å². The van der Waals surface area contributed by atoms with Crippen molar-refractivity contribution in [1.82, 2.24) is 25.1 Å². The Morgan fingerprint density at radius 1 is 0.935 bits per heavy atom. The zero-order chi connectivity index (χ0) is 21.5. The molecule has 5 rings (SSSR count). The van der Waals surface area contributed by atoms with Gasteiger partial charge in [0.2, 0.25) is 5.95 Å². The molecule has 1 fully saturated rings. The van der Waals surface area contributed by atoms with Crippen LogP contribution in [0.15, 0.2) is 42.7 Å². The molecule has 0 radical (unpaired) electrons. The SMILES string of the molecule is Cc1cc(-c2cc3c(-c4ccc(F)nc4)c[nH]c3nn2)cc(C)c1N1CCN(C)CC1. The van der Waals surface area contributed by atoms with Gasteiger partial charge in [0.25, 0.3) is 0 Å². The van der Waals surface area contributed by atoms with Crippen molar-refractivity contribution >= 4 is 16.7 Å². The van der Waals surface area contributed by atoms with Gasteiger partial charge in [0, 0.05) is 66.3 Å². The number of aryl methyl sites for hydroxylation is 2. The molecule has 0 saturated carbocycles. The van der Waals surface area contributed by atoms with Gasteiger partial charge < -0.3 is 14.8 Å². The van der Waals surface area contributed by atoms with Crippen LogP contribution in [0.1, 0.15) is 11.1 Å². The summed E-state index contributed by atoms with van der Waals surface area (Å²) in [5.74, 6) is -0.490. The molecular formula is C24H25FN6. The van der Waals surface area contributed by atoms with E-state index in [0.717, 1.165) is 53.9 Å². The Kier molecular flexibility index (Phi) is 4.90. The van der Waals surface area contributed by atoms with E-state index in [2.05, 4.69) is 63.0 Å². The molecule has 1 saturated heterocycles. The van der Waals surface area contributed by atoms with E-state index in [1.54, 1.807) is 6.07 Å². The summed E-state index contributed by atoms with van der Waals surface area (Å²) in [6.45, 7) is 8.59. The predicted octanol–water partition coefficient (Wildman–Crippen LogP) is 4.19. The van der Waals surface area contributed by atoms with Crippen molar-refractivity contribution in [3.05, 3.63) is 59.8 Å². The van der Waals surface area contributed by atoms with Crippen LogP contribution < -0.4 is 4.90 Å². The molecule has 31 heavy (non-hydrogen) atoms. The van der Waals surface area contributed by atoms with E-state index in [1.807, 2.05) is 12.3 Å². The fourth-order valence-electron chi connectivity index (χ4n) is 4.47. The molecule has 158 valence electrons. The van der Waals surface area contributed by atoms with Gasteiger partial charge in [-0.1, -0.05) is 0 Å². The van der Waals surface area contributed by atoms with Crippen molar-refractivity contribution in [3.8, 4) is 22.4 Å². The lowest BCUT2D eigenvalue weighted by Crippen LogP contribution is -2.45. The van der Waals surface area contributed by atoms with E-state index in [1.165, 1.54) is 29.1 Å². The lowest BCUT2D eigenvalue weighted by molar-refractivity contribution is 0.312. The molecule has 3 aromatic heterocycles. The number of hydrogen-bond acceptors (Lipinski definition) is 5. The lowest BCUT2D eigenvalue weighted by Gasteiger charge is -2.36. The van der Waals surface area contributed by atoms with Crippen LogP contribution in [0.2, 0.25) is 0 Å². The fourth-order valence-corrected chi connectivity index (χ4v) is 4.47. The van der Waals surface area contributed by atoms with E-state index in [4.69, 9.17) is 0 Å². The second-order valence-electron chi connectivity index (χ2n) is 8.31. The summed E-state index contributed by atoms with van der Waals surface area (Å²) in [6, 6.07) is 9.53. The number of nitrogens with one attached hydrogen (secondary N) is 1. The zero-order valence-electron chi connectivity index (χ0n) is 18.0. The van der Waals surface area contributed by atoms with E-state index in [-0.39, 0.29) is 0 Å². The Labute approximate surface area is 180 Å². The Balaban J connectivity index is 1.53. The standard InChI is InChI=1S/C24H25FN6/c1-15-10-18(11-16(2)23(15)31-8-6-30(3)7-9-31)21-12-19-20(14-27-24(19)29-28-21)17-4-5-22(25)26-13-17/h4-5,10-14H,6-9H2,1-3H3,(H,27,29). The molecule has 7 heteroatoms. The minimum Gasteiger partial charge on any atom is -0.369 e. The van der Waals surface area contributed by atoms with Crippen LogP contribution in [0.3, 0.4) is 0 Å². The largest absolute Gasteiger partial charge is 0.369 e. The summed E-state index contributed by atoms with van der Waals surface area (Å²) in [5.41, 5.74) is 8.16. The van der Waals surface area contributed by atoms with Gasteiger partial charge in [-0.2, -0.15) is 4.39 Å². The summed E-state index contributed by atoms with van der Waals surface area (Å²) in [7, 11) is 2.17. The molecule has 1 N–H and O–H groups in total. The molecule has 6 nitrogen and oxygen atoms in total. The average molecular weight is 417 g/mol. The van der Waals surface area contributed by atoms with E-state index < -0.39 is 5.95 Å². The molecule has 4 heterocycles. The first-order valence-corrected chi connectivity index (χ1v) is 10.5. The Hall–Kier alpha value is -3.32. The first-order valence-electron chi connectivity index (χ1n) is 10.5. The third kappa shape index (κ3) is 3.65. The highest BCUT2D eigenvalue weighted by atomic mass is 19.1. The molecule has 0 amide bonds. The summed E-state index contributed by atoms with van der Waals surface area (Å²) in [6.07, 6.45) is 3.40. The summed E-state index contributed by atoms with van der Waals surface area (Å²) in [4.78, 5) is 11.8. The minimum atomic E-state index is -0.490. The lowest BCUT2D eigenvalue weighted by atomic mass is 9.99. The number of H-pyrrole nitrogens is 1. The summed E-state index contributed by atoms with van der Waals surface area (Å²) < 4.78 is 13.2. The monoisotopic (exact) mass is 416 g/mol. The number of nitrogens with zero attached hydrogens (tertiary/aromatic N) is 5. The zero-order valence-corrected chi connectivity index (χ0v) is 18.0. The first kappa shape index (κ1) is 19.6. The number of rotatable bonds is 3. The van der Waals surface area contributed by atoms with E-state index >= 15 is 0 Å². The van der Waals surface area contributed by atoms with Crippen molar-refractivity contribution < 1.29 is 4.39 Å². The number of fused-ring (bicyclic) bond motifs is 1. The van der Waals surface area contributed by atoms with Crippen LogP contribution in [0.5, 0.6) is 0 Å². The van der Waals surface area contributed by atoms with Gasteiger partial charge in [-0.15, -0.1) is 10.2 Å². The van der Waals surface area contributed by atoms with Crippen LogP contribution in [-0.4, -0.2) is 58.3 Å². The molecule has 0 unspecified atom stereocenters. The maximum absolute atomic E-state index is 13.2. The Morgan fingerprint density at radius 2 is 1.68 bits per heavy atom. The molecule has 0 aliphatic carbocycles. The molecule has 1 aliphatic heterocycles. The maximum atomic E-state index is 13.2. The number of aromatic amines is 1. The average Bonchev–Trinajstić information content (AvgIpc) is 3.18. The van der Waals surface area contributed by atoms with Gasteiger partial charge in [0.05, 0.1) is 5.69 Å². The maximum Gasteiger partial charge on any atom is 0.212 e. The highest BCUT2D eigenvalue weighted by molar-refractivity contribution is 5.95. The topological polar surface area (TPSA) is 60.9 Å². The third-order valence-corrected chi connectivity index (χ3v) is 6.08. The van der Waals surface area contributed by atoms with Gasteiger partial charge in [-0.3, -0.25) is 0 Å². The van der Waals surface area contributed by atoms with Crippen molar-refractivity contribution in [2.75, 3.05) is 38.1 Å². The molecule has 0 bridgehead atoms. The van der Waals surface area contributed by atoms with Crippen LogP contribution in [0.25, 0.3) is 33.4 Å². The molecule has 0 atom stereocenters. The minimum absolute atomic E-state index is 0.490. The van der Waals surface area contributed by atoms with Gasteiger partial charge in [-0.25, -0.2) is 4.98 Å². The van der Waals surface area contributed by atoms with Crippen LogP contribution >= 0.6 is 0 Å². The molecular weight excluding hydrogens is 391 g/mol. The van der Waals surface area contributed by atoms with Crippen molar-refractivity contribution in [2.24, 2.45) is 0 Å². The van der Waals surface area contributed by atoms with Gasteiger partial charge in [-0.05, 0) is 62.4 Å². The van der Waals surface area contributed by atoms with Crippen molar-refractivity contribution in [1.29, 1.82) is 0 Å². The number of halogens is 1. The number of pyridine rings is 1. The number of anilines is 1. The third-order valence-electron chi connectivity index (χ3n) is 6.08. The second-order valence-corrected chi connectivity index (χ2v) is 8.31. The summed E-state index contributed by atoms with van der Waals surface area (Å²) in [5, 5.41) is 9.78. The first-order chi connectivity index (χ1) is 15.0. The quantitative estimate of drug-likeness (QED) is 0.508. The van der Waals surface area contributed by atoms with Crippen LogP contribution in [0, 0.1) is 19.8 Å². The second kappa shape index (κ2) is 7.74. The molecule has 0 spiro atoms. The normalized spacial score (nSPS) is 15.0. The Bertz CT molecular complexity index is 1220. The smallest absolute Gasteiger partial charge is 0.212 e. The number of hydrogen-bond donors (Lipinski definition) is 1. The predicted molar refractivity (Wildman–Crippen MR) is 122 cm³/mol. The molecule has 4 aromatic rings. The summed E-state index contributed by atoms with van der Waals surface area (Å²) >= 11 is 0. The number of piperazine rings is 1. The Morgan fingerprint density at radius 3 is 2.35 bits per heavy atom. The van der Waals surface area contributed by atoms with Gasteiger partial charge in [0.15, 0.2) is 5.65 Å². The number of benzene rings is 1. The highest BCUT2D eigenvalue weighted by Crippen LogP contribution is 2.33. The number of aromatic nitrogens is 4. The molecule has 1 aromatic carbocycles. The highest BCUT2D eigenvalue weighted by Gasteiger charge is 2.19. The van der Waals surface area contributed by atoms with Crippen LogP contribution in [0.4, 0.5) is 10.1 Å². The van der Waals surface area contributed by atoms with E-state index in [0.29, 0.717) is 5.65 Å². The fraction of sp³-hybridized carbons (Fsp3) is 0.292. The van der Waals surface area contributed by atoms with Gasteiger partial charge >= 0.3 is 0 Å². The van der Waals surface area contributed by atoms with Crippen LogP contribution in [-0.2, 0) is 0 Å². The van der Waals surface area contributed by atoms with Crippen molar-refractivity contribution in [3.63, 3.8) is 0 Å². The van der Waals surface area contributed by atoms with E-state index in [9.17, 15) is 4.39 Å². The number of likely N-dealkylation sites (N-methyl/N-ethyl adjacent to an activating group) is 1.